The number of nitrogens with one attached hydrogen (secondary N) is 2. The summed E-state index contributed by atoms with van der Waals surface area (Å²) in [6, 6.07) is 3.35. The van der Waals surface area contributed by atoms with Gasteiger partial charge in [0.1, 0.15) is 11.9 Å². The smallest absolute Gasteiger partial charge is 0.244 e. The van der Waals surface area contributed by atoms with Crippen molar-refractivity contribution in [1.29, 1.82) is 0 Å². The van der Waals surface area contributed by atoms with Gasteiger partial charge in [-0.3, -0.25) is 9.89 Å². The molecule has 2 N–H and O–H groups in total. The summed E-state index contributed by atoms with van der Waals surface area (Å²) in [6.07, 6.45) is 1.63. The SMILES string of the molecule is CCCS(=O)(=O)N1CCCC1C(=O)Nc1n[nH]c2cc(F)ccc12. The summed E-state index contributed by atoms with van der Waals surface area (Å²) in [5, 5.41) is 9.87. The van der Waals surface area contributed by atoms with Crippen LogP contribution in [0.25, 0.3) is 10.9 Å². The number of fused-ring (bicyclic) bond motifs is 1. The van der Waals surface area contributed by atoms with Crippen molar-refractivity contribution >= 4 is 32.7 Å². The van der Waals surface area contributed by atoms with Gasteiger partial charge < -0.3 is 5.32 Å². The fourth-order valence-electron chi connectivity index (χ4n) is 3.00. The lowest BCUT2D eigenvalue weighted by atomic mass is 10.2. The molecule has 3 rings (SSSR count). The minimum Gasteiger partial charge on any atom is -0.307 e. The van der Waals surface area contributed by atoms with E-state index in [4.69, 9.17) is 0 Å². The van der Waals surface area contributed by atoms with E-state index in [1.165, 1.54) is 22.5 Å². The monoisotopic (exact) mass is 354 g/mol. The Kier molecular flexibility index (Phi) is 4.55. The number of halogens is 1. The number of carbonyl (C=O) groups is 1. The molecule has 1 aromatic carbocycles. The number of sulfonamides is 1. The van der Waals surface area contributed by atoms with E-state index in [1.807, 2.05) is 0 Å². The molecule has 130 valence electrons. The van der Waals surface area contributed by atoms with Crippen molar-refractivity contribution in [1.82, 2.24) is 14.5 Å². The van der Waals surface area contributed by atoms with Crippen LogP contribution in [0.2, 0.25) is 0 Å². The van der Waals surface area contributed by atoms with Gasteiger partial charge in [0.25, 0.3) is 0 Å². The van der Waals surface area contributed by atoms with Crippen LogP contribution in [0.1, 0.15) is 26.2 Å². The zero-order chi connectivity index (χ0) is 17.3. The number of benzene rings is 1. The van der Waals surface area contributed by atoms with Crippen molar-refractivity contribution in [2.75, 3.05) is 17.6 Å². The van der Waals surface area contributed by atoms with Crippen LogP contribution in [0.4, 0.5) is 10.2 Å². The van der Waals surface area contributed by atoms with Crippen LogP contribution < -0.4 is 5.32 Å². The van der Waals surface area contributed by atoms with Crippen LogP contribution in [0.15, 0.2) is 18.2 Å². The minimum atomic E-state index is -3.44. The van der Waals surface area contributed by atoms with Crippen LogP contribution in [-0.4, -0.2) is 47.2 Å². The van der Waals surface area contributed by atoms with Gasteiger partial charge in [0.15, 0.2) is 5.82 Å². The van der Waals surface area contributed by atoms with E-state index in [9.17, 15) is 17.6 Å². The highest BCUT2D eigenvalue weighted by molar-refractivity contribution is 7.89. The maximum atomic E-state index is 13.2. The highest BCUT2D eigenvalue weighted by Gasteiger charge is 2.38. The maximum absolute atomic E-state index is 13.2. The normalized spacial score (nSPS) is 19.0. The van der Waals surface area contributed by atoms with Gasteiger partial charge in [0.2, 0.25) is 15.9 Å². The molecule has 9 heteroatoms. The largest absolute Gasteiger partial charge is 0.307 e. The second-order valence-electron chi connectivity index (χ2n) is 5.84. The first kappa shape index (κ1) is 16.8. The molecule has 1 amide bonds. The van der Waals surface area contributed by atoms with E-state index < -0.39 is 27.8 Å². The van der Waals surface area contributed by atoms with Crippen LogP contribution >= 0.6 is 0 Å². The molecule has 1 aromatic heterocycles. The Bertz CT molecular complexity index is 865. The van der Waals surface area contributed by atoms with E-state index in [0.29, 0.717) is 36.7 Å². The molecular weight excluding hydrogens is 335 g/mol. The van der Waals surface area contributed by atoms with E-state index in [-0.39, 0.29) is 11.6 Å². The Morgan fingerprint density at radius 3 is 3.04 bits per heavy atom. The van der Waals surface area contributed by atoms with Gasteiger partial charge in [-0.05, 0) is 37.5 Å². The van der Waals surface area contributed by atoms with Crippen LogP contribution in [0.3, 0.4) is 0 Å². The van der Waals surface area contributed by atoms with Gasteiger partial charge in [-0.15, -0.1) is 0 Å². The third-order valence-electron chi connectivity index (χ3n) is 4.09. The van der Waals surface area contributed by atoms with Gasteiger partial charge in [-0.2, -0.15) is 9.40 Å². The van der Waals surface area contributed by atoms with E-state index in [1.54, 1.807) is 6.92 Å². The molecule has 7 nitrogen and oxygen atoms in total. The number of amides is 1. The maximum Gasteiger partial charge on any atom is 0.244 e. The fourth-order valence-corrected chi connectivity index (χ4v) is 4.74. The average molecular weight is 354 g/mol. The molecule has 2 heterocycles. The summed E-state index contributed by atoms with van der Waals surface area (Å²) in [7, 11) is -3.44. The molecule has 0 saturated carbocycles. The molecule has 1 aliphatic heterocycles. The molecular formula is C15H19FN4O3S. The molecule has 1 unspecified atom stereocenters. The van der Waals surface area contributed by atoms with Crippen molar-refractivity contribution in [2.24, 2.45) is 0 Å². The van der Waals surface area contributed by atoms with Crippen molar-refractivity contribution in [3.8, 4) is 0 Å². The Morgan fingerprint density at radius 1 is 1.50 bits per heavy atom. The lowest BCUT2D eigenvalue weighted by Crippen LogP contribution is -2.44. The topological polar surface area (TPSA) is 95.2 Å². The van der Waals surface area contributed by atoms with Gasteiger partial charge >= 0.3 is 0 Å². The van der Waals surface area contributed by atoms with Crippen molar-refractivity contribution in [3.05, 3.63) is 24.0 Å². The molecule has 0 bridgehead atoms. The van der Waals surface area contributed by atoms with E-state index in [0.717, 1.165) is 0 Å². The number of aromatic amines is 1. The first-order chi connectivity index (χ1) is 11.4. The third kappa shape index (κ3) is 3.13. The summed E-state index contributed by atoms with van der Waals surface area (Å²) in [6.45, 7) is 2.14. The average Bonchev–Trinajstić information content (AvgIpc) is 3.14. The second-order valence-corrected chi connectivity index (χ2v) is 7.88. The fraction of sp³-hybridized carbons (Fsp3) is 0.467. The molecule has 1 saturated heterocycles. The number of anilines is 1. The zero-order valence-electron chi connectivity index (χ0n) is 13.3. The zero-order valence-corrected chi connectivity index (χ0v) is 14.1. The highest BCUT2D eigenvalue weighted by atomic mass is 32.2. The predicted molar refractivity (Wildman–Crippen MR) is 88.5 cm³/mol. The third-order valence-corrected chi connectivity index (χ3v) is 6.17. The van der Waals surface area contributed by atoms with E-state index in [2.05, 4.69) is 15.5 Å². The first-order valence-electron chi connectivity index (χ1n) is 7.86. The number of aromatic nitrogens is 2. The summed E-state index contributed by atoms with van der Waals surface area (Å²) in [5.41, 5.74) is 0.465. The Morgan fingerprint density at radius 2 is 2.29 bits per heavy atom. The second kappa shape index (κ2) is 6.48. The van der Waals surface area contributed by atoms with Gasteiger partial charge in [-0.1, -0.05) is 6.92 Å². The first-order valence-corrected chi connectivity index (χ1v) is 9.47. The van der Waals surface area contributed by atoms with Gasteiger partial charge in [-0.25, -0.2) is 12.8 Å². The minimum absolute atomic E-state index is 0.0292. The molecule has 0 aliphatic carbocycles. The van der Waals surface area contributed by atoms with Crippen LogP contribution in [0, 0.1) is 5.82 Å². The molecule has 1 fully saturated rings. The van der Waals surface area contributed by atoms with Gasteiger partial charge in [0, 0.05) is 11.9 Å². The van der Waals surface area contributed by atoms with Crippen LogP contribution in [-0.2, 0) is 14.8 Å². The molecule has 0 radical (unpaired) electrons. The number of nitrogens with zero attached hydrogens (tertiary/aromatic N) is 2. The number of carbonyl (C=O) groups excluding carboxylic acids is 1. The predicted octanol–water partition coefficient (Wildman–Crippen LogP) is 1.84. The van der Waals surface area contributed by atoms with E-state index >= 15 is 0 Å². The number of H-pyrrole nitrogens is 1. The molecule has 0 spiro atoms. The Hall–Kier alpha value is -2.00. The number of rotatable bonds is 5. The summed E-state index contributed by atoms with van der Waals surface area (Å²) in [4.78, 5) is 12.5. The van der Waals surface area contributed by atoms with Gasteiger partial charge in [0.05, 0.1) is 11.3 Å². The highest BCUT2D eigenvalue weighted by Crippen LogP contribution is 2.25. The van der Waals surface area contributed by atoms with Crippen molar-refractivity contribution in [2.45, 2.75) is 32.2 Å². The molecule has 2 aromatic rings. The Balaban J connectivity index is 1.81. The number of hydrogen-bond donors (Lipinski definition) is 2. The van der Waals surface area contributed by atoms with Crippen molar-refractivity contribution in [3.63, 3.8) is 0 Å². The van der Waals surface area contributed by atoms with Crippen LogP contribution in [0.5, 0.6) is 0 Å². The quantitative estimate of drug-likeness (QED) is 0.856. The summed E-state index contributed by atoms with van der Waals surface area (Å²) < 4.78 is 39.0. The molecule has 1 aliphatic rings. The molecule has 24 heavy (non-hydrogen) atoms. The Labute approximate surface area is 139 Å². The summed E-state index contributed by atoms with van der Waals surface area (Å²) in [5.74, 6) is -0.516. The lowest BCUT2D eigenvalue weighted by Gasteiger charge is -2.22. The lowest BCUT2D eigenvalue weighted by molar-refractivity contribution is -0.119. The molecule has 1 atom stereocenters. The summed E-state index contributed by atoms with van der Waals surface area (Å²) >= 11 is 0. The standard InChI is InChI=1S/C15H19FN4O3S/c1-2-8-24(22,23)20-7-3-4-13(20)15(21)17-14-11-6-5-10(16)9-12(11)18-19-14/h5-6,9,13H,2-4,7-8H2,1H3,(H2,17,18,19,21). The number of hydrogen-bond acceptors (Lipinski definition) is 4. The van der Waals surface area contributed by atoms with Crippen molar-refractivity contribution < 1.29 is 17.6 Å².